The van der Waals surface area contributed by atoms with E-state index >= 15 is 0 Å². The SMILES string of the molecule is FC(F)(F)c1cnc(-c2c(Cl)ccc(Cl)c2Cl)c(-c2c(Cl)ccc(Cl)c2Cl)c1. The number of aromatic nitrogens is 1. The van der Waals surface area contributed by atoms with Gasteiger partial charge in [-0.25, -0.2) is 0 Å². The molecule has 0 bridgehead atoms. The minimum absolute atomic E-state index is 0.0246. The highest BCUT2D eigenvalue weighted by molar-refractivity contribution is 6.47. The van der Waals surface area contributed by atoms with Crippen LogP contribution in [0.5, 0.6) is 0 Å². The summed E-state index contributed by atoms with van der Waals surface area (Å²) < 4.78 is 39.9. The average Bonchev–Trinajstić information content (AvgIpc) is 2.62. The molecule has 0 aliphatic heterocycles. The largest absolute Gasteiger partial charge is 0.417 e. The predicted octanol–water partition coefficient (Wildman–Crippen LogP) is 9.35. The first-order valence-corrected chi connectivity index (χ1v) is 9.64. The van der Waals surface area contributed by atoms with E-state index in [0.29, 0.717) is 6.20 Å². The second kappa shape index (κ2) is 8.10. The molecule has 0 unspecified atom stereocenters. The lowest BCUT2D eigenvalue weighted by Gasteiger charge is -2.17. The van der Waals surface area contributed by atoms with E-state index in [1.54, 1.807) is 0 Å². The van der Waals surface area contributed by atoms with E-state index in [0.717, 1.165) is 6.07 Å². The molecule has 0 fully saturated rings. The normalized spacial score (nSPS) is 11.8. The van der Waals surface area contributed by atoms with E-state index < -0.39 is 11.7 Å². The van der Waals surface area contributed by atoms with Gasteiger partial charge in [-0.3, -0.25) is 4.98 Å². The fourth-order valence-electron chi connectivity index (χ4n) is 2.53. The Bertz CT molecular complexity index is 1080. The molecular weight excluding hydrogens is 500 g/mol. The molecule has 3 aromatic rings. The summed E-state index contributed by atoms with van der Waals surface area (Å²) in [5.74, 6) is 0. The van der Waals surface area contributed by atoms with Crippen molar-refractivity contribution in [1.29, 1.82) is 0 Å². The first kappa shape index (κ1) is 21.8. The van der Waals surface area contributed by atoms with E-state index in [2.05, 4.69) is 4.98 Å². The zero-order valence-corrected chi connectivity index (χ0v) is 17.8. The number of hydrogen-bond donors (Lipinski definition) is 0. The van der Waals surface area contributed by atoms with Crippen molar-refractivity contribution in [3.8, 4) is 22.4 Å². The quantitative estimate of drug-likeness (QED) is 0.316. The number of rotatable bonds is 2. The number of pyridine rings is 1. The van der Waals surface area contributed by atoms with E-state index in [-0.39, 0.29) is 52.5 Å². The number of alkyl halides is 3. The van der Waals surface area contributed by atoms with Gasteiger partial charge in [0.25, 0.3) is 0 Å². The summed E-state index contributed by atoms with van der Waals surface area (Å²) in [5.41, 5.74) is -0.814. The molecule has 0 spiro atoms. The molecule has 28 heavy (non-hydrogen) atoms. The fraction of sp³-hybridized carbons (Fsp3) is 0.0556. The van der Waals surface area contributed by atoms with Gasteiger partial charge in [-0.05, 0) is 30.3 Å². The summed E-state index contributed by atoms with van der Waals surface area (Å²) in [6.07, 6.45) is -3.99. The second-order valence-corrected chi connectivity index (χ2v) is 7.94. The van der Waals surface area contributed by atoms with E-state index in [1.807, 2.05) is 0 Å². The summed E-state index contributed by atoms with van der Waals surface area (Å²) >= 11 is 37.1. The van der Waals surface area contributed by atoms with Gasteiger partial charge in [-0.2, -0.15) is 13.2 Å². The molecule has 0 aliphatic rings. The third-order valence-corrected chi connectivity index (χ3v) is 6.05. The maximum atomic E-state index is 13.3. The number of halogens is 9. The maximum absolute atomic E-state index is 13.3. The van der Waals surface area contributed by atoms with Crippen LogP contribution in [0.25, 0.3) is 22.4 Å². The van der Waals surface area contributed by atoms with Crippen LogP contribution in [0, 0.1) is 0 Å². The molecule has 1 heterocycles. The van der Waals surface area contributed by atoms with Gasteiger partial charge < -0.3 is 0 Å². The highest BCUT2D eigenvalue weighted by atomic mass is 35.5. The number of hydrogen-bond acceptors (Lipinski definition) is 1. The highest BCUT2D eigenvalue weighted by Gasteiger charge is 2.33. The lowest BCUT2D eigenvalue weighted by atomic mass is 9.97. The summed E-state index contributed by atoms with van der Waals surface area (Å²) in [7, 11) is 0. The zero-order valence-electron chi connectivity index (χ0n) is 13.3. The van der Waals surface area contributed by atoms with Gasteiger partial charge in [0.15, 0.2) is 0 Å². The Morgan fingerprint density at radius 3 is 1.68 bits per heavy atom. The van der Waals surface area contributed by atoms with E-state index in [9.17, 15) is 13.2 Å². The Labute approximate surface area is 187 Å². The van der Waals surface area contributed by atoms with Crippen molar-refractivity contribution in [2.75, 3.05) is 0 Å². The molecule has 0 N–H and O–H groups in total. The summed E-state index contributed by atoms with van der Waals surface area (Å²) in [4.78, 5) is 3.96. The van der Waals surface area contributed by atoms with Crippen molar-refractivity contribution < 1.29 is 13.2 Å². The molecule has 0 radical (unpaired) electrons. The van der Waals surface area contributed by atoms with Crippen molar-refractivity contribution in [2.45, 2.75) is 6.18 Å². The molecule has 3 rings (SSSR count). The van der Waals surface area contributed by atoms with Crippen LogP contribution in [0.2, 0.25) is 30.1 Å². The Balaban J connectivity index is 2.45. The van der Waals surface area contributed by atoms with Gasteiger partial charge in [-0.1, -0.05) is 69.6 Å². The lowest BCUT2D eigenvalue weighted by Crippen LogP contribution is -2.07. The van der Waals surface area contributed by atoms with Crippen LogP contribution in [0.3, 0.4) is 0 Å². The van der Waals surface area contributed by atoms with Crippen molar-refractivity contribution in [3.05, 3.63) is 72.2 Å². The van der Waals surface area contributed by atoms with Gasteiger partial charge in [0, 0.05) is 22.9 Å². The van der Waals surface area contributed by atoms with Gasteiger partial charge >= 0.3 is 6.18 Å². The number of nitrogens with zero attached hydrogens (tertiary/aromatic N) is 1. The first-order valence-electron chi connectivity index (χ1n) is 7.37. The molecule has 0 aliphatic carbocycles. The molecular formula is C18H6Cl6F3N. The fourth-order valence-corrected chi connectivity index (χ4v) is 3.97. The third-order valence-electron chi connectivity index (χ3n) is 3.81. The van der Waals surface area contributed by atoms with Crippen LogP contribution in [0.1, 0.15) is 5.56 Å². The summed E-state index contributed by atoms with van der Waals surface area (Å²) in [6, 6.07) is 6.61. The monoisotopic (exact) mass is 503 g/mol. The Hall–Kier alpha value is -0.880. The molecule has 0 saturated heterocycles. The molecule has 1 aromatic heterocycles. The summed E-state index contributed by atoms with van der Waals surface area (Å²) in [6.45, 7) is 0. The van der Waals surface area contributed by atoms with Crippen LogP contribution in [0.4, 0.5) is 13.2 Å². The van der Waals surface area contributed by atoms with Crippen molar-refractivity contribution in [2.24, 2.45) is 0 Å². The van der Waals surface area contributed by atoms with Crippen LogP contribution < -0.4 is 0 Å². The Morgan fingerprint density at radius 1 is 0.679 bits per heavy atom. The van der Waals surface area contributed by atoms with Gasteiger partial charge in [0.2, 0.25) is 0 Å². The van der Waals surface area contributed by atoms with E-state index in [4.69, 9.17) is 69.6 Å². The van der Waals surface area contributed by atoms with E-state index in [1.165, 1.54) is 24.3 Å². The molecule has 0 atom stereocenters. The van der Waals surface area contributed by atoms with Gasteiger partial charge in [0.05, 0.1) is 41.4 Å². The van der Waals surface area contributed by atoms with Crippen molar-refractivity contribution in [3.63, 3.8) is 0 Å². The molecule has 1 nitrogen and oxygen atoms in total. The average molecular weight is 506 g/mol. The van der Waals surface area contributed by atoms with Crippen LogP contribution in [0.15, 0.2) is 36.5 Å². The molecule has 0 saturated carbocycles. The highest BCUT2D eigenvalue weighted by Crippen LogP contribution is 2.47. The van der Waals surface area contributed by atoms with Crippen molar-refractivity contribution >= 4 is 69.6 Å². The number of benzene rings is 2. The lowest BCUT2D eigenvalue weighted by molar-refractivity contribution is -0.137. The minimum atomic E-state index is -4.65. The second-order valence-electron chi connectivity index (χ2n) is 5.55. The topological polar surface area (TPSA) is 12.9 Å². The minimum Gasteiger partial charge on any atom is -0.255 e. The van der Waals surface area contributed by atoms with Gasteiger partial charge in [0.1, 0.15) is 0 Å². The van der Waals surface area contributed by atoms with Crippen LogP contribution >= 0.6 is 69.6 Å². The molecule has 146 valence electrons. The zero-order chi connectivity index (χ0) is 20.8. The van der Waals surface area contributed by atoms with Gasteiger partial charge in [-0.15, -0.1) is 0 Å². The molecule has 10 heteroatoms. The third kappa shape index (κ3) is 4.04. The smallest absolute Gasteiger partial charge is 0.255 e. The van der Waals surface area contributed by atoms with Crippen LogP contribution in [-0.2, 0) is 6.18 Å². The Morgan fingerprint density at radius 2 is 1.14 bits per heavy atom. The Kier molecular flexibility index (Phi) is 6.31. The molecule has 2 aromatic carbocycles. The predicted molar refractivity (Wildman–Crippen MR) is 110 cm³/mol. The van der Waals surface area contributed by atoms with Crippen LogP contribution in [-0.4, -0.2) is 4.98 Å². The molecule has 0 amide bonds. The maximum Gasteiger partial charge on any atom is 0.417 e. The first-order chi connectivity index (χ1) is 13.0. The standard InChI is InChI=1S/C18H6Cl6F3N/c19-9-1-3-11(21)15(23)13(9)8-5-7(18(25,26)27)6-28-17(8)14-10(20)2-4-12(22)16(14)24/h1-6H. The van der Waals surface area contributed by atoms with Crippen molar-refractivity contribution in [1.82, 2.24) is 4.98 Å². The summed E-state index contributed by atoms with van der Waals surface area (Å²) in [5, 5.41) is 0.454.